The van der Waals surface area contributed by atoms with E-state index in [0.717, 1.165) is 37.5 Å². The average Bonchev–Trinajstić information content (AvgIpc) is 2.60. The molecule has 1 aliphatic rings. The Morgan fingerprint density at radius 2 is 2.13 bits per heavy atom. The molecule has 2 rings (SSSR count). The van der Waals surface area contributed by atoms with Gasteiger partial charge in [-0.3, -0.25) is 4.79 Å². The molecule has 1 heterocycles. The predicted octanol–water partition coefficient (Wildman–Crippen LogP) is 3.21. The molecule has 1 fully saturated rings. The lowest BCUT2D eigenvalue weighted by Crippen LogP contribution is -2.34. The van der Waals surface area contributed by atoms with Gasteiger partial charge in [0.25, 0.3) is 6.71 Å². The van der Waals surface area contributed by atoms with E-state index in [2.05, 4.69) is 12.9 Å². The lowest BCUT2D eigenvalue weighted by Gasteiger charge is -2.39. The number of nitrogens with zero attached hydrogens (tertiary/aromatic N) is 1. The van der Waals surface area contributed by atoms with E-state index >= 15 is 0 Å². The van der Waals surface area contributed by atoms with E-state index in [-0.39, 0.29) is 23.3 Å². The molecule has 0 saturated carbocycles. The molecular formula is C17H20BNO4. The lowest BCUT2D eigenvalue weighted by molar-refractivity contribution is 0.0693. The molecule has 120 valence electrons. The Labute approximate surface area is 136 Å². The second-order valence-electron chi connectivity index (χ2n) is 6.07. The van der Waals surface area contributed by atoms with Gasteiger partial charge < -0.3 is 9.84 Å². The number of carboxylic acids is 1. The van der Waals surface area contributed by atoms with Gasteiger partial charge in [-0.2, -0.15) is 0 Å². The van der Waals surface area contributed by atoms with Crippen molar-refractivity contribution in [2.75, 3.05) is 7.11 Å². The summed E-state index contributed by atoms with van der Waals surface area (Å²) < 4.78 is 5.43. The molecule has 6 heteroatoms. The Morgan fingerprint density at radius 1 is 1.48 bits per heavy atom. The van der Waals surface area contributed by atoms with Crippen molar-refractivity contribution in [3.05, 3.63) is 28.8 Å². The molecule has 1 N–H and O–H groups in total. The first-order valence-corrected chi connectivity index (χ1v) is 7.82. The van der Waals surface area contributed by atoms with Crippen LogP contribution < -0.4 is 4.74 Å². The van der Waals surface area contributed by atoms with Gasteiger partial charge in [-0.05, 0) is 30.7 Å². The standard InChI is InChI=1S/C17H20BNO4/c1-3-17(6-8-18(11-19)9-7-17)14-5-4-12(16(21)22)13(10-20)15(14)23-2/h4-5,10H,3,6-9H2,1-2H3,(H,21,22). The van der Waals surface area contributed by atoms with Gasteiger partial charge in [-0.1, -0.05) is 25.6 Å². The molecule has 0 atom stereocenters. The van der Waals surface area contributed by atoms with Crippen LogP contribution in [0.25, 0.3) is 0 Å². The number of carbonyl (C=O) groups is 2. The van der Waals surface area contributed by atoms with Crippen molar-refractivity contribution in [1.82, 2.24) is 0 Å². The fourth-order valence-corrected chi connectivity index (χ4v) is 3.65. The first-order chi connectivity index (χ1) is 11.0. The van der Waals surface area contributed by atoms with Crippen LogP contribution in [0.2, 0.25) is 12.6 Å². The molecule has 1 aromatic rings. The van der Waals surface area contributed by atoms with Crippen LogP contribution in [0.5, 0.6) is 5.75 Å². The minimum absolute atomic E-state index is 0.0439. The van der Waals surface area contributed by atoms with Gasteiger partial charge in [0, 0.05) is 11.5 Å². The Bertz CT molecular complexity index is 657. The maximum atomic E-state index is 11.5. The normalized spacial score (nSPS) is 16.5. The predicted molar refractivity (Wildman–Crippen MR) is 87.5 cm³/mol. The minimum Gasteiger partial charge on any atom is -0.496 e. The van der Waals surface area contributed by atoms with Crippen LogP contribution in [0.3, 0.4) is 0 Å². The summed E-state index contributed by atoms with van der Waals surface area (Å²) in [7, 11) is 1.46. The molecule has 0 amide bonds. The number of aldehydes is 1. The van der Waals surface area contributed by atoms with Crippen LogP contribution in [-0.4, -0.2) is 31.2 Å². The van der Waals surface area contributed by atoms with Crippen molar-refractivity contribution < 1.29 is 19.4 Å². The Kier molecular flexibility index (Phi) is 5.10. The molecule has 0 bridgehead atoms. The zero-order valence-corrected chi connectivity index (χ0v) is 13.5. The van der Waals surface area contributed by atoms with Gasteiger partial charge in [0.15, 0.2) is 6.29 Å². The van der Waals surface area contributed by atoms with Crippen molar-refractivity contribution in [2.24, 2.45) is 0 Å². The number of methoxy groups -OCH3 is 1. The maximum absolute atomic E-state index is 11.5. The molecule has 1 aromatic carbocycles. The van der Waals surface area contributed by atoms with E-state index in [0.29, 0.717) is 12.0 Å². The lowest BCUT2D eigenvalue weighted by atomic mass is 9.39. The van der Waals surface area contributed by atoms with Crippen molar-refractivity contribution in [2.45, 2.75) is 44.2 Å². The highest BCUT2D eigenvalue weighted by Gasteiger charge is 2.39. The number of aromatic carboxylic acids is 1. The molecule has 0 unspecified atom stereocenters. The number of carboxylic acid groups (broad SMARTS) is 1. The molecule has 0 aromatic heterocycles. The monoisotopic (exact) mass is 313 g/mol. The fourth-order valence-electron chi connectivity index (χ4n) is 3.65. The quantitative estimate of drug-likeness (QED) is 0.666. The molecule has 0 spiro atoms. The molecule has 0 aliphatic carbocycles. The first-order valence-electron chi connectivity index (χ1n) is 7.82. The van der Waals surface area contributed by atoms with Gasteiger partial charge in [0.05, 0.1) is 18.2 Å². The van der Waals surface area contributed by atoms with E-state index in [1.165, 1.54) is 13.2 Å². The Morgan fingerprint density at radius 3 is 2.57 bits per heavy atom. The zero-order valence-electron chi connectivity index (χ0n) is 13.5. The summed E-state index contributed by atoms with van der Waals surface area (Å²) in [6.45, 7) is 2.15. The van der Waals surface area contributed by atoms with E-state index in [1.54, 1.807) is 6.07 Å². The average molecular weight is 313 g/mol. The summed E-state index contributed by atoms with van der Waals surface area (Å²) in [5.74, 6) is 1.54. The second kappa shape index (κ2) is 6.87. The topological polar surface area (TPSA) is 87.4 Å². The van der Waals surface area contributed by atoms with Crippen molar-refractivity contribution >= 4 is 19.0 Å². The Hall–Kier alpha value is -2.29. The number of hydrogen-bond donors (Lipinski definition) is 1. The number of rotatable bonds is 5. The van der Waals surface area contributed by atoms with E-state index in [4.69, 9.17) is 10.00 Å². The number of nitriles is 1. The molecule has 1 aliphatic heterocycles. The van der Waals surface area contributed by atoms with Crippen molar-refractivity contribution in [3.63, 3.8) is 0 Å². The van der Waals surface area contributed by atoms with Gasteiger partial charge >= 0.3 is 5.97 Å². The summed E-state index contributed by atoms with van der Waals surface area (Å²) in [4.78, 5) is 22.8. The van der Waals surface area contributed by atoms with Crippen LogP contribution in [-0.2, 0) is 5.41 Å². The van der Waals surface area contributed by atoms with Crippen molar-refractivity contribution in [1.29, 1.82) is 5.26 Å². The third-order valence-corrected chi connectivity index (χ3v) is 5.12. The molecule has 5 nitrogen and oxygen atoms in total. The van der Waals surface area contributed by atoms with Crippen LogP contribution in [0.4, 0.5) is 0 Å². The summed E-state index contributed by atoms with van der Waals surface area (Å²) in [5.41, 5.74) is 0.754. The smallest absolute Gasteiger partial charge is 0.336 e. The van der Waals surface area contributed by atoms with Crippen LogP contribution in [0.1, 0.15) is 52.5 Å². The first kappa shape index (κ1) is 17.1. The largest absolute Gasteiger partial charge is 0.496 e. The van der Waals surface area contributed by atoms with E-state index < -0.39 is 5.97 Å². The van der Waals surface area contributed by atoms with Gasteiger partial charge in [0.2, 0.25) is 0 Å². The summed E-state index contributed by atoms with van der Waals surface area (Å²) in [6, 6.07) is 3.25. The van der Waals surface area contributed by atoms with Gasteiger partial charge in [0.1, 0.15) is 5.75 Å². The third kappa shape index (κ3) is 2.96. The van der Waals surface area contributed by atoms with Crippen LogP contribution in [0, 0.1) is 11.2 Å². The third-order valence-electron chi connectivity index (χ3n) is 5.12. The second-order valence-corrected chi connectivity index (χ2v) is 6.07. The molecule has 0 radical (unpaired) electrons. The van der Waals surface area contributed by atoms with Gasteiger partial charge in [-0.15, -0.1) is 0 Å². The molecule has 1 saturated heterocycles. The number of carbonyl (C=O) groups excluding carboxylic acids is 1. The van der Waals surface area contributed by atoms with E-state index in [9.17, 15) is 14.7 Å². The summed E-state index contributed by atoms with van der Waals surface area (Å²) in [5, 5.41) is 18.4. The van der Waals surface area contributed by atoms with E-state index in [1.807, 2.05) is 0 Å². The van der Waals surface area contributed by atoms with Crippen LogP contribution in [0.15, 0.2) is 12.1 Å². The maximum Gasteiger partial charge on any atom is 0.336 e. The number of benzene rings is 1. The summed E-state index contributed by atoms with van der Waals surface area (Å²) >= 11 is 0. The SMILES string of the molecule is CCC1(c2ccc(C(=O)O)c(C=O)c2OC)CCB(C#N)CC1. The minimum atomic E-state index is -1.14. The van der Waals surface area contributed by atoms with Crippen molar-refractivity contribution in [3.8, 4) is 11.7 Å². The summed E-state index contributed by atoms with van der Waals surface area (Å²) in [6.07, 6.45) is 4.70. The van der Waals surface area contributed by atoms with Gasteiger partial charge in [-0.25, -0.2) is 10.1 Å². The highest BCUT2D eigenvalue weighted by molar-refractivity contribution is 6.67. The number of ether oxygens (including phenoxy) is 1. The molecule has 23 heavy (non-hydrogen) atoms. The highest BCUT2D eigenvalue weighted by Crippen LogP contribution is 2.47. The molecular weight excluding hydrogens is 293 g/mol. The highest BCUT2D eigenvalue weighted by atomic mass is 16.5. The van der Waals surface area contributed by atoms with Crippen LogP contribution >= 0.6 is 0 Å². The zero-order chi connectivity index (χ0) is 17.0. The number of hydrogen-bond acceptors (Lipinski definition) is 4. The Balaban J connectivity index is 2.56. The fraction of sp³-hybridized carbons (Fsp3) is 0.471.